The molecule has 1 rings (SSSR count). The van der Waals surface area contributed by atoms with Crippen LogP contribution in [0.2, 0.25) is 0 Å². The lowest BCUT2D eigenvalue weighted by Gasteiger charge is -2.38. The Hall–Kier alpha value is -0.0400. The lowest BCUT2D eigenvalue weighted by atomic mass is 9.69. The van der Waals surface area contributed by atoms with Gasteiger partial charge in [-0.05, 0) is 30.1 Å². The zero-order valence-electron chi connectivity index (χ0n) is 8.84. The lowest BCUT2D eigenvalue weighted by molar-refractivity contribution is 0.0531. The first kappa shape index (κ1) is 10.0. The Morgan fingerprint density at radius 2 is 1.75 bits per heavy atom. The molecule has 1 heteroatoms. The molecule has 0 N–H and O–H groups in total. The van der Waals surface area contributed by atoms with Crippen LogP contribution >= 0.6 is 0 Å². The van der Waals surface area contributed by atoms with E-state index in [0.29, 0.717) is 0 Å². The second kappa shape index (κ2) is 4.27. The number of ether oxygens (including phenoxy) is 1. The lowest BCUT2D eigenvalue weighted by Crippen LogP contribution is -2.32. The van der Waals surface area contributed by atoms with Crippen LogP contribution in [0.4, 0.5) is 0 Å². The Balaban J connectivity index is 2.46. The fraction of sp³-hybridized carbons (Fsp3) is 1.00. The molecule has 1 saturated carbocycles. The third-order valence-corrected chi connectivity index (χ3v) is 3.84. The molecule has 0 saturated heterocycles. The quantitative estimate of drug-likeness (QED) is 0.619. The maximum Gasteiger partial charge on any atom is 0.0493 e. The van der Waals surface area contributed by atoms with Crippen LogP contribution in [0.15, 0.2) is 0 Å². The van der Waals surface area contributed by atoms with Gasteiger partial charge in [0.25, 0.3) is 0 Å². The van der Waals surface area contributed by atoms with Crippen LogP contribution in [0.25, 0.3) is 0 Å². The van der Waals surface area contributed by atoms with E-state index >= 15 is 0 Å². The first-order valence-corrected chi connectivity index (χ1v) is 5.15. The minimum absolute atomic E-state index is 0.807. The average molecular weight is 170 g/mol. The van der Waals surface area contributed by atoms with E-state index in [1.54, 1.807) is 0 Å². The van der Waals surface area contributed by atoms with Crippen molar-refractivity contribution in [3.8, 4) is 0 Å². The summed E-state index contributed by atoms with van der Waals surface area (Å²) in [6, 6.07) is 0. The second-order valence-corrected chi connectivity index (χ2v) is 4.49. The molecule has 1 fully saturated rings. The molecule has 1 nitrogen and oxygen atoms in total. The van der Waals surface area contributed by atoms with Crippen LogP contribution in [0.5, 0.6) is 0 Å². The summed E-state index contributed by atoms with van der Waals surface area (Å²) in [4.78, 5) is 0. The van der Waals surface area contributed by atoms with Crippen molar-refractivity contribution >= 4 is 0 Å². The highest BCUT2D eigenvalue weighted by Crippen LogP contribution is 2.38. The van der Waals surface area contributed by atoms with E-state index in [9.17, 15) is 0 Å². The van der Waals surface area contributed by atoms with Crippen molar-refractivity contribution in [2.45, 2.75) is 33.6 Å². The Morgan fingerprint density at radius 3 is 2.33 bits per heavy atom. The van der Waals surface area contributed by atoms with Crippen molar-refractivity contribution < 1.29 is 4.74 Å². The number of hydrogen-bond acceptors (Lipinski definition) is 1. The first-order valence-electron chi connectivity index (χ1n) is 5.15. The van der Waals surface area contributed by atoms with Gasteiger partial charge in [-0.15, -0.1) is 0 Å². The molecule has 4 unspecified atom stereocenters. The minimum atomic E-state index is 0.807. The molecular weight excluding hydrogens is 148 g/mol. The molecule has 0 bridgehead atoms. The molecule has 1 aliphatic rings. The van der Waals surface area contributed by atoms with Gasteiger partial charge in [-0.1, -0.05) is 27.2 Å². The summed E-state index contributed by atoms with van der Waals surface area (Å²) in [5, 5.41) is 0. The fourth-order valence-corrected chi connectivity index (χ4v) is 2.40. The molecule has 0 amide bonds. The molecule has 12 heavy (non-hydrogen) atoms. The standard InChI is InChI=1S/C11H22O/c1-8-5-6-11(7-12-4)10(3)9(8)2/h8-11H,5-7H2,1-4H3. The van der Waals surface area contributed by atoms with Gasteiger partial charge < -0.3 is 4.74 Å². The van der Waals surface area contributed by atoms with Crippen molar-refractivity contribution in [1.82, 2.24) is 0 Å². The Bertz CT molecular complexity index is 133. The van der Waals surface area contributed by atoms with Gasteiger partial charge >= 0.3 is 0 Å². The molecule has 0 radical (unpaired) electrons. The molecule has 0 aromatic heterocycles. The zero-order valence-corrected chi connectivity index (χ0v) is 8.84. The third kappa shape index (κ3) is 2.01. The highest BCUT2D eigenvalue weighted by molar-refractivity contribution is 4.80. The molecule has 0 heterocycles. The first-order chi connectivity index (χ1) is 5.66. The van der Waals surface area contributed by atoms with Crippen LogP contribution in [0.1, 0.15) is 33.6 Å². The minimum Gasteiger partial charge on any atom is -0.384 e. The molecule has 72 valence electrons. The van der Waals surface area contributed by atoms with Crippen LogP contribution in [0, 0.1) is 23.7 Å². The molecule has 0 aromatic carbocycles. The summed E-state index contributed by atoms with van der Waals surface area (Å²) in [5.41, 5.74) is 0. The Labute approximate surface area is 76.5 Å². The topological polar surface area (TPSA) is 9.23 Å². The Kier molecular flexibility index (Phi) is 3.57. The van der Waals surface area contributed by atoms with Crippen molar-refractivity contribution in [2.75, 3.05) is 13.7 Å². The van der Waals surface area contributed by atoms with Crippen LogP contribution in [-0.4, -0.2) is 13.7 Å². The Morgan fingerprint density at radius 1 is 1.08 bits per heavy atom. The summed E-state index contributed by atoms with van der Waals surface area (Å²) in [6.45, 7) is 8.10. The van der Waals surface area contributed by atoms with E-state index in [4.69, 9.17) is 4.74 Å². The molecule has 4 atom stereocenters. The van der Waals surface area contributed by atoms with Crippen molar-refractivity contribution in [2.24, 2.45) is 23.7 Å². The van der Waals surface area contributed by atoms with E-state index in [1.807, 2.05) is 7.11 Å². The number of methoxy groups -OCH3 is 1. The second-order valence-electron chi connectivity index (χ2n) is 4.49. The SMILES string of the molecule is COCC1CCC(C)C(C)C1C. The molecule has 0 aliphatic heterocycles. The summed E-state index contributed by atoms with van der Waals surface area (Å²) >= 11 is 0. The van der Waals surface area contributed by atoms with Crippen molar-refractivity contribution in [3.05, 3.63) is 0 Å². The molecule has 1 aliphatic carbocycles. The monoisotopic (exact) mass is 170 g/mol. The van der Waals surface area contributed by atoms with Gasteiger partial charge in [0.05, 0.1) is 0 Å². The van der Waals surface area contributed by atoms with E-state index in [0.717, 1.165) is 30.3 Å². The van der Waals surface area contributed by atoms with Gasteiger partial charge in [-0.3, -0.25) is 0 Å². The summed E-state index contributed by atoms with van der Waals surface area (Å²) < 4.78 is 5.24. The van der Waals surface area contributed by atoms with Gasteiger partial charge in [-0.25, -0.2) is 0 Å². The maximum absolute atomic E-state index is 5.24. The van der Waals surface area contributed by atoms with Gasteiger partial charge in [0.1, 0.15) is 0 Å². The van der Waals surface area contributed by atoms with E-state index in [2.05, 4.69) is 20.8 Å². The van der Waals surface area contributed by atoms with E-state index in [-0.39, 0.29) is 0 Å². The van der Waals surface area contributed by atoms with E-state index < -0.39 is 0 Å². The smallest absolute Gasteiger partial charge is 0.0493 e. The van der Waals surface area contributed by atoms with Crippen molar-refractivity contribution in [1.29, 1.82) is 0 Å². The summed E-state index contributed by atoms with van der Waals surface area (Å²) in [6.07, 6.45) is 2.75. The van der Waals surface area contributed by atoms with Crippen LogP contribution < -0.4 is 0 Å². The summed E-state index contributed by atoms with van der Waals surface area (Å²) in [7, 11) is 1.81. The average Bonchev–Trinajstić information content (AvgIpc) is 2.07. The highest BCUT2D eigenvalue weighted by atomic mass is 16.5. The van der Waals surface area contributed by atoms with Crippen LogP contribution in [0.3, 0.4) is 0 Å². The normalized spacial score (nSPS) is 43.0. The van der Waals surface area contributed by atoms with Gasteiger partial charge in [-0.2, -0.15) is 0 Å². The van der Waals surface area contributed by atoms with Gasteiger partial charge in [0.15, 0.2) is 0 Å². The zero-order chi connectivity index (χ0) is 9.14. The highest BCUT2D eigenvalue weighted by Gasteiger charge is 2.31. The summed E-state index contributed by atoms with van der Waals surface area (Å²) in [5.74, 6) is 3.43. The van der Waals surface area contributed by atoms with Crippen LogP contribution in [-0.2, 0) is 4.74 Å². The molecule has 0 aromatic rings. The number of hydrogen-bond donors (Lipinski definition) is 0. The molecule has 0 spiro atoms. The predicted octanol–water partition coefficient (Wildman–Crippen LogP) is 2.95. The molecular formula is C11H22O. The van der Waals surface area contributed by atoms with Gasteiger partial charge in [0.2, 0.25) is 0 Å². The van der Waals surface area contributed by atoms with Crippen molar-refractivity contribution in [3.63, 3.8) is 0 Å². The fourth-order valence-electron chi connectivity index (χ4n) is 2.40. The maximum atomic E-state index is 5.24. The largest absolute Gasteiger partial charge is 0.384 e. The van der Waals surface area contributed by atoms with E-state index in [1.165, 1.54) is 12.8 Å². The number of rotatable bonds is 2. The third-order valence-electron chi connectivity index (χ3n) is 3.84. The van der Waals surface area contributed by atoms with Gasteiger partial charge in [0, 0.05) is 13.7 Å². The predicted molar refractivity (Wildman–Crippen MR) is 52.1 cm³/mol.